The first kappa shape index (κ1) is 12.8. The lowest BCUT2D eigenvalue weighted by molar-refractivity contribution is 0.685. The number of nitrogens with one attached hydrogen (secondary N) is 1. The van der Waals surface area contributed by atoms with Crippen LogP contribution in [0, 0.1) is 20.8 Å². The molecule has 0 aliphatic rings. The summed E-state index contributed by atoms with van der Waals surface area (Å²) in [6, 6.07) is 9.01. The van der Waals surface area contributed by atoms with Crippen LogP contribution in [0.15, 0.2) is 36.7 Å². The number of aromatic nitrogens is 1. The van der Waals surface area contributed by atoms with Gasteiger partial charge in [0.15, 0.2) is 0 Å². The molecule has 0 radical (unpaired) electrons. The maximum Gasteiger partial charge on any atom is 0.0578 e. The van der Waals surface area contributed by atoms with E-state index in [0.717, 1.165) is 0 Å². The quantitative estimate of drug-likeness (QED) is 0.890. The van der Waals surface area contributed by atoms with Crippen LogP contribution in [-0.4, -0.2) is 12.0 Å². The first-order chi connectivity index (χ1) is 8.61. The molecule has 1 unspecified atom stereocenters. The van der Waals surface area contributed by atoms with Gasteiger partial charge in [0.1, 0.15) is 0 Å². The molecule has 0 bridgehead atoms. The summed E-state index contributed by atoms with van der Waals surface area (Å²) in [6.07, 6.45) is 3.78. The summed E-state index contributed by atoms with van der Waals surface area (Å²) in [6.45, 7) is 6.39. The molecule has 1 heterocycles. The second-order valence-corrected chi connectivity index (χ2v) is 4.87. The summed E-state index contributed by atoms with van der Waals surface area (Å²) in [7, 11) is 2.00. The van der Waals surface area contributed by atoms with Crippen molar-refractivity contribution in [1.82, 2.24) is 10.3 Å². The van der Waals surface area contributed by atoms with E-state index in [1.165, 1.54) is 27.8 Å². The molecule has 1 aromatic carbocycles. The number of rotatable bonds is 3. The van der Waals surface area contributed by atoms with Crippen molar-refractivity contribution >= 4 is 0 Å². The SMILES string of the molecule is CNC(c1cc(C)cc(C)c1)c1ccncc1C. The zero-order chi connectivity index (χ0) is 13.1. The molecule has 0 saturated heterocycles. The Kier molecular flexibility index (Phi) is 3.78. The normalized spacial score (nSPS) is 12.4. The number of nitrogens with zero attached hydrogens (tertiary/aromatic N) is 1. The maximum atomic E-state index is 4.16. The lowest BCUT2D eigenvalue weighted by Gasteiger charge is -2.20. The second-order valence-electron chi connectivity index (χ2n) is 4.87. The molecule has 2 nitrogen and oxygen atoms in total. The molecule has 94 valence electrons. The average molecular weight is 240 g/mol. The van der Waals surface area contributed by atoms with E-state index in [0.29, 0.717) is 0 Å². The van der Waals surface area contributed by atoms with Crippen LogP contribution in [0.2, 0.25) is 0 Å². The molecule has 0 aliphatic heterocycles. The van der Waals surface area contributed by atoms with Gasteiger partial charge in [0.25, 0.3) is 0 Å². The molecule has 0 spiro atoms. The van der Waals surface area contributed by atoms with Crippen molar-refractivity contribution in [3.63, 3.8) is 0 Å². The number of hydrogen-bond donors (Lipinski definition) is 1. The van der Waals surface area contributed by atoms with E-state index in [1.807, 2.05) is 19.4 Å². The molecule has 0 aliphatic carbocycles. The minimum Gasteiger partial charge on any atom is -0.309 e. The highest BCUT2D eigenvalue weighted by Gasteiger charge is 2.14. The van der Waals surface area contributed by atoms with E-state index < -0.39 is 0 Å². The van der Waals surface area contributed by atoms with Crippen LogP contribution in [0.4, 0.5) is 0 Å². The molecule has 1 N–H and O–H groups in total. The fourth-order valence-electron chi connectivity index (χ4n) is 2.49. The number of pyridine rings is 1. The van der Waals surface area contributed by atoms with Crippen molar-refractivity contribution in [2.75, 3.05) is 7.05 Å². The molecule has 2 heteroatoms. The first-order valence-corrected chi connectivity index (χ1v) is 6.28. The van der Waals surface area contributed by atoms with Crippen molar-refractivity contribution in [3.05, 3.63) is 64.5 Å². The fraction of sp³-hybridized carbons (Fsp3) is 0.312. The largest absolute Gasteiger partial charge is 0.309 e. The minimum absolute atomic E-state index is 0.228. The molecule has 0 saturated carbocycles. The van der Waals surface area contributed by atoms with Crippen LogP contribution in [-0.2, 0) is 0 Å². The Hall–Kier alpha value is -1.67. The van der Waals surface area contributed by atoms with Crippen LogP contribution in [0.1, 0.15) is 33.9 Å². The lowest BCUT2D eigenvalue weighted by atomic mass is 9.94. The monoisotopic (exact) mass is 240 g/mol. The molecule has 1 aromatic heterocycles. The van der Waals surface area contributed by atoms with E-state index >= 15 is 0 Å². The van der Waals surface area contributed by atoms with Crippen LogP contribution >= 0.6 is 0 Å². The summed E-state index contributed by atoms with van der Waals surface area (Å²) < 4.78 is 0. The van der Waals surface area contributed by atoms with Crippen molar-refractivity contribution in [3.8, 4) is 0 Å². The average Bonchev–Trinajstić information content (AvgIpc) is 2.31. The van der Waals surface area contributed by atoms with Gasteiger partial charge in [0.05, 0.1) is 6.04 Å². The lowest BCUT2D eigenvalue weighted by Crippen LogP contribution is -2.19. The number of aryl methyl sites for hydroxylation is 3. The van der Waals surface area contributed by atoms with Gasteiger partial charge in [-0.05, 0) is 50.6 Å². The van der Waals surface area contributed by atoms with Crippen LogP contribution < -0.4 is 5.32 Å². The first-order valence-electron chi connectivity index (χ1n) is 6.28. The second kappa shape index (κ2) is 5.32. The van der Waals surface area contributed by atoms with Gasteiger partial charge < -0.3 is 5.32 Å². The Morgan fingerprint density at radius 2 is 1.72 bits per heavy atom. The standard InChI is InChI=1S/C16H20N2/c1-11-7-12(2)9-14(8-11)16(17-4)15-5-6-18-10-13(15)3/h5-10,16-17H,1-4H3. The Morgan fingerprint density at radius 1 is 1.06 bits per heavy atom. The Balaban J connectivity index is 2.48. The summed E-state index contributed by atoms with van der Waals surface area (Å²) in [5.41, 5.74) is 6.42. The van der Waals surface area contributed by atoms with E-state index in [-0.39, 0.29) is 6.04 Å². The molecule has 2 aromatic rings. The molecular weight excluding hydrogens is 220 g/mol. The van der Waals surface area contributed by atoms with Crippen LogP contribution in [0.3, 0.4) is 0 Å². The molecule has 18 heavy (non-hydrogen) atoms. The van der Waals surface area contributed by atoms with Gasteiger partial charge in [-0.2, -0.15) is 0 Å². The van der Waals surface area contributed by atoms with Gasteiger partial charge in [-0.15, -0.1) is 0 Å². The van der Waals surface area contributed by atoms with Crippen molar-refractivity contribution < 1.29 is 0 Å². The molecule has 1 atom stereocenters. The van der Waals surface area contributed by atoms with E-state index in [9.17, 15) is 0 Å². The molecule has 2 rings (SSSR count). The third-order valence-electron chi connectivity index (χ3n) is 3.24. The molecule has 0 amide bonds. The van der Waals surface area contributed by atoms with Crippen LogP contribution in [0.25, 0.3) is 0 Å². The zero-order valence-electron chi connectivity index (χ0n) is 11.5. The number of hydrogen-bond acceptors (Lipinski definition) is 2. The summed E-state index contributed by atoms with van der Waals surface area (Å²) in [4.78, 5) is 4.16. The van der Waals surface area contributed by atoms with Gasteiger partial charge in [-0.3, -0.25) is 4.98 Å². The highest BCUT2D eigenvalue weighted by Crippen LogP contribution is 2.25. The highest BCUT2D eigenvalue weighted by atomic mass is 14.9. The van der Waals surface area contributed by atoms with Crippen molar-refractivity contribution in [2.24, 2.45) is 0 Å². The smallest absolute Gasteiger partial charge is 0.0578 e. The minimum atomic E-state index is 0.228. The highest BCUT2D eigenvalue weighted by molar-refractivity contribution is 5.38. The van der Waals surface area contributed by atoms with Gasteiger partial charge in [0.2, 0.25) is 0 Å². The molecular formula is C16H20N2. The van der Waals surface area contributed by atoms with E-state index in [2.05, 4.69) is 55.3 Å². The summed E-state index contributed by atoms with van der Waals surface area (Å²) in [5.74, 6) is 0. The summed E-state index contributed by atoms with van der Waals surface area (Å²) in [5, 5.41) is 3.40. The van der Waals surface area contributed by atoms with Crippen LogP contribution in [0.5, 0.6) is 0 Å². The predicted octanol–water partition coefficient (Wildman–Crippen LogP) is 3.32. The van der Waals surface area contributed by atoms with Gasteiger partial charge in [-0.25, -0.2) is 0 Å². The topological polar surface area (TPSA) is 24.9 Å². The third kappa shape index (κ3) is 2.59. The number of benzene rings is 1. The summed E-state index contributed by atoms with van der Waals surface area (Å²) >= 11 is 0. The molecule has 0 fully saturated rings. The van der Waals surface area contributed by atoms with Crippen molar-refractivity contribution in [2.45, 2.75) is 26.8 Å². The Morgan fingerprint density at radius 3 is 2.28 bits per heavy atom. The van der Waals surface area contributed by atoms with Gasteiger partial charge >= 0.3 is 0 Å². The Labute approximate surface area is 109 Å². The van der Waals surface area contributed by atoms with Gasteiger partial charge in [0, 0.05) is 12.4 Å². The van der Waals surface area contributed by atoms with Crippen molar-refractivity contribution in [1.29, 1.82) is 0 Å². The zero-order valence-corrected chi connectivity index (χ0v) is 11.5. The Bertz CT molecular complexity index is 526. The predicted molar refractivity (Wildman–Crippen MR) is 75.8 cm³/mol. The van der Waals surface area contributed by atoms with Gasteiger partial charge in [-0.1, -0.05) is 29.3 Å². The van der Waals surface area contributed by atoms with E-state index in [1.54, 1.807) is 0 Å². The maximum absolute atomic E-state index is 4.16. The van der Waals surface area contributed by atoms with E-state index in [4.69, 9.17) is 0 Å². The fourth-order valence-corrected chi connectivity index (χ4v) is 2.49. The third-order valence-corrected chi connectivity index (χ3v) is 3.24.